The molecule has 0 saturated heterocycles. The summed E-state index contributed by atoms with van der Waals surface area (Å²) in [6.45, 7) is 0. The van der Waals surface area contributed by atoms with E-state index in [1.807, 2.05) is 18.2 Å². The summed E-state index contributed by atoms with van der Waals surface area (Å²) < 4.78 is 13.1. The Hall–Kier alpha value is -3.74. The Bertz CT molecular complexity index is 1020. The highest BCUT2D eigenvalue weighted by atomic mass is 19.1. The smallest absolute Gasteiger partial charge is 0.329 e. The first kappa shape index (κ1) is 17.1. The largest absolute Gasteiger partial charge is 0.507 e. The summed E-state index contributed by atoms with van der Waals surface area (Å²) in [6.07, 6.45) is 1.25. The lowest BCUT2D eigenvalue weighted by molar-refractivity contribution is -0.136. The first-order valence-electron chi connectivity index (χ1n) is 7.65. The van der Waals surface area contributed by atoms with Gasteiger partial charge in [-0.05, 0) is 35.0 Å². The van der Waals surface area contributed by atoms with Crippen molar-refractivity contribution < 1.29 is 19.1 Å². The van der Waals surface area contributed by atoms with E-state index in [2.05, 4.69) is 15.8 Å². The van der Waals surface area contributed by atoms with E-state index < -0.39 is 17.6 Å². The van der Waals surface area contributed by atoms with Crippen LogP contribution in [-0.4, -0.2) is 23.1 Å². The monoisotopic (exact) mass is 351 g/mol. The number of nitrogens with one attached hydrogen (secondary N) is 2. The molecule has 130 valence electrons. The molecule has 2 amide bonds. The first-order valence-corrected chi connectivity index (χ1v) is 7.65. The first-order chi connectivity index (χ1) is 12.5. The van der Waals surface area contributed by atoms with E-state index in [1.165, 1.54) is 30.5 Å². The van der Waals surface area contributed by atoms with Gasteiger partial charge in [-0.3, -0.25) is 9.59 Å². The van der Waals surface area contributed by atoms with Crippen molar-refractivity contribution in [3.8, 4) is 5.75 Å². The second kappa shape index (κ2) is 7.43. The van der Waals surface area contributed by atoms with Gasteiger partial charge in [0.1, 0.15) is 11.6 Å². The molecule has 0 aliphatic carbocycles. The highest BCUT2D eigenvalue weighted by Gasteiger charge is 2.13. The molecule has 0 fully saturated rings. The summed E-state index contributed by atoms with van der Waals surface area (Å²) in [5.74, 6) is -2.56. The average molecular weight is 351 g/mol. The minimum atomic E-state index is -1.02. The van der Waals surface area contributed by atoms with E-state index >= 15 is 0 Å². The number of hydrogen-bond donors (Lipinski definition) is 3. The van der Waals surface area contributed by atoms with Gasteiger partial charge in [0, 0.05) is 11.3 Å². The number of carbonyl (C=O) groups is 2. The van der Waals surface area contributed by atoms with Crippen molar-refractivity contribution in [2.45, 2.75) is 0 Å². The minimum Gasteiger partial charge on any atom is -0.507 e. The van der Waals surface area contributed by atoms with Crippen LogP contribution in [0, 0.1) is 5.82 Å². The van der Waals surface area contributed by atoms with Gasteiger partial charge in [-0.2, -0.15) is 5.10 Å². The van der Waals surface area contributed by atoms with Crippen molar-refractivity contribution in [3.63, 3.8) is 0 Å². The molecular weight excluding hydrogens is 337 g/mol. The maximum Gasteiger partial charge on any atom is 0.329 e. The van der Waals surface area contributed by atoms with Gasteiger partial charge in [0.25, 0.3) is 0 Å². The van der Waals surface area contributed by atoms with Crippen LogP contribution < -0.4 is 10.7 Å². The highest BCUT2D eigenvalue weighted by Crippen LogP contribution is 2.25. The summed E-state index contributed by atoms with van der Waals surface area (Å²) in [5, 5.41) is 17.6. The number of phenols is 1. The summed E-state index contributed by atoms with van der Waals surface area (Å²) in [5.41, 5.74) is 2.64. The predicted molar refractivity (Wildman–Crippen MR) is 96.4 cm³/mol. The van der Waals surface area contributed by atoms with E-state index in [4.69, 9.17) is 0 Å². The molecule has 0 spiro atoms. The number of fused-ring (bicyclic) bond motifs is 1. The second-order valence-electron chi connectivity index (χ2n) is 5.38. The van der Waals surface area contributed by atoms with E-state index in [0.717, 1.165) is 16.8 Å². The lowest BCUT2D eigenvalue weighted by Crippen LogP contribution is -2.32. The summed E-state index contributed by atoms with van der Waals surface area (Å²) in [6, 6.07) is 15.8. The van der Waals surface area contributed by atoms with Crippen LogP contribution in [0.2, 0.25) is 0 Å². The van der Waals surface area contributed by atoms with Gasteiger partial charge in [0.15, 0.2) is 0 Å². The fourth-order valence-electron chi connectivity index (χ4n) is 2.38. The van der Waals surface area contributed by atoms with Gasteiger partial charge in [-0.25, -0.2) is 9.82 Å². The second-order valence-corrected chi connectivity index (χ2v) is 5.38. The van der Waals surface area contributed by atoms with Gasteiger partial charge in [-0.15, -0.1) is 0 Å². The minimum absolute atomic E-state index is 0.00842. The SMILES string of the molecule is O=C(N/N=C/c1c(O)ccc2ccccc12)C(=O)Nc1cccc(F)c1. The molecule has 26 heavy (non-hydrogen) atoms. The molecule has 3 aromatic carbocycles. The fourth-order valence-corrected chi connectivity index (χ4v) is 2.38. The normalized spacial score (nSPS) is 10.8. The average Bonchev–Trinajstić information content (AvgIpc) is 2.63. The third kappa shape index (κ3) is 3.84. The Balaban J connectivity index is 1.69. The number of phenolic OH excluding ortho intramolecular Hbond substituents is 1. The lowest BCUT2D eigenvalue weighted by Gasteiger charge is -2.05. The molecular formula is C19H14FN3O3. The van der Waals surface area contributed by atoms with Crippen LogP contribution in [0.25, 0.3) is 10.8 Å². The zero-order valence-corrected chi connectivity index (χ0v) is 13.4. The van der Waals surface area contributed by atoms with E-state index in [9.17, 15) is 19.1 Å². The molecule has 0 aliphatic rings. The zero-order valence-electron chi connectivity index (χ0n) is 13.4. The van der Waals surface area contributed by atoms with Crippen molar-refractivity contribution in [2.24, 2.45) is 5.10 Å². The molecule has 0 aliphatic heterocycles. The summed E-state index contributed by atoms with van der Waals surface area (Å²) >= 11 is 0. The molecule has 0 unspecified atom stereocenters. The number of rotatable bonds is 3. The molecule has 0 atom stereocenters. The van der Waals surface area contributed by atoms with Crippen LogP contribution in [0.5, 0.6) is 5.75 Å². The number of benzene rings is 3. The number of hydrazone groups is 1. The standard InChI is InChI=1S/C19H14FN3O3/c20-13-5-3-6-14(10-13)22-18(25)19(26)23-21-11-16-15-7-2-1-4-12(15)8-9-17(16)24/h1-11,24H,(H,22,25)(H,23,26)/b21-11+. The number of halogens is 1. The van der Waals surface area contributed by atoms with Crippen LogP contribution >= 0.6 is 0 Å². The van der Waals surface area contributed by atoms with Gasteiger partial charge < -0.3 is 10.4 Å². The number of hydrogen-bond acceptors (Lipinski definition) is 4. The maximum absolute atomic E-state index is 13.1. The zero-order chi connectivity index (χ0) is 18.5. The number of amides is 2. The lowest BCUT2D eigenvalue weighted by atomic mass is 10.0. The molecule has 7 heteroatoms. The van der Waals surface area contributed by atoms with Crippen molar-refractivity contribution in [1.29, 1.82) is 0 Å². The molecule has 0 radical (unpaired) electrons. The maximum atomic E-state index is 13.1. The van der Waals surface area contributed by atoms with Crippen LogP contribution in [0.15, 0.2) is 65.8 Å². The van der Waals surface area contributed by atoms with Gasteiger partial charge in [-0.1, -0.05) is 36.4 Å². The molecule has 0 aromatic heterocycles. The van der Waals surface area contributed by atoms with Gasteiger partial charge in [0.05, 0.1) is 6.21 Å². The van der Waals surface area contributed by atoms with Crippen LogP contribution in [0.4, 0.5) is 10.1 Å². The Morgan fingerprint density at radius 2 is 1.81 bits per heavy atom. The highest BCUT2D eigenvalue weighted by molar-refractivity contribution is 6.39. The fraction of sp³-hybridized carbons (Fsp3) is 0. The van der Waals surface area contributed by atoms with Crippen LogP contribution in [0.1, 0.15) is 5.56 Å². The molecule has 0 heterocycles. The van der Waals surface area contributed by atoms with Crippen LogP contribution in [-0.2, 0) is 9.59 Å². The molecule has 3 N–H and O–H groups in total. The molecule has 0 bridgehead atoms. The third-order valence-corrected chi connectivity index (χ3v) is 3.60. The topological polar surface area (TPSA) is 90.8 Å². The van der Waals surface area contributed by atoms with Gasteiger partial charge >= 0.3 is 11.8 Å². The van der Waals surface area contributed by atoms with Gasteiger partial charge in [0.2, 0.25) is 0 Å². The number of anilines is 1. The molecule has 3 rings (SSSR count). The Kier molecular flexibility index (Phi) is 4.89. The number of nitrogens with zero attached hydrogens (tertiary/aromatic N) is 1. The predicted octanol–water partition coefficient (Wildman–Crippen LogP) is 2.77. The summed E-state index contributed by atoms with van der Waals surface area (Å²) in [4.78, 5) is 23.6. The number of carbonyl (C=O) groups excluding carboxylic acids is 2. The number of aromatic hydroxyl groups is 1. The van der Waals surface area contributed by atoms with E-state index in [-0.39, 0.29) is 11.4 Å². The molecule has 0 saturated carbocycles. The van der Waals surface area contributed by atoms with Crippen molar-refractivity contribution in [1.82, 2.24) is 5.43 Å². The van der Waals surface area contributed by atoms with Crippen LogP contribution in [0.3, 0.4) is 0 Å². The molecule has 3 aromatic rings. The summed E-state index contributed by atoms with van der Waals surface area (Å²) in [7, 11) is 0. The van der Waals surface area contributed by atoms with Crippen molar-refractivity contribution in [3.05, 3.63) is 72.0 Å². The molecule has 6 nitrogen and oxygen atoms in total. The Morgan fingerprint density at radius 1 is 1.00 bits per heavy atom. The quantitative estimate of drug-likeness (QED) is 0.385. The Morgan fingerprint density at radius 3 is 2.62 bits per heavy atom. The Labute approximate surface area is 148 Å². The van der Waals surface area contributed by atoms with E-state index in [1.54, 1.807) is 12.1 Å². The third-order valence-electron chi connectivity index (χ3n) is 3.60. The van der Waals surface area contributed by atoms with Crippen molar-refractivity contribution >= 4 is 34.5 Å². The van der Waals surface area contributed by atoms with E-state index in [0.29, 0.717) is 5.56 Å². The van der Waals surface area contributed by atoms with Crippen molar-refractivity contribution in [2.75, 3.05) is 5.32 Å².